The van der Waals surface area contributed by atoms with Crippen LogP contribution in [0.1, 0.15) is 24.8 Å². The van der Waals surface area contributed by atoms with Crippen molar-refractivity contribution in [2.75, 3.05) is 11.9 Å². The number of nitrogens with zero attached hydrogens (tertiary/aromatic N) is 2. The molecule has 1 saturated heterocycles. The first kappa shape index (κ1) is 16.9. The van der Waals surface area contributed by atoms with Gasteiger partial charge in [0.15, 0.2) is 5.13 Å². The van der Waals surface area contributed by atoms with Gasteiger partial charge in [-0.05, 0) is 37.5 Å². The zero-order chi connectivity index (χ0) is 18.3. The SMILES string of the molecule is Cc1ccc2nc(NC(=O)CCN3C(=O)[C@H]4CC=CC[C@@H]4C3=O)sc2c1. The highest BCUT2D eigenvalue weighted by molar-refractivity contribution is 7.22. The number of thiazole rings is 1. The second-order valence-electron chi connectivity index (χ2n) is 6.77. The minimum atomic E-state index is -0.247. The van der Waals surface area contributed by atoms with Gasteiger partial charge in [0.05, 0.1) is 22.1 Å². The van der Waals surface area contributed by atoms with Crippen LogP contribution in [0.15, 0.2) is 30.4 Å². The summed E-state index contributed by atoms with van der Waals surface area (Å²) in [6.07, 6.45) is 5.22. The summed E-state index contributed by atoms with van der Waals surface area (Å²) in [5.74, 6) is -1.03. The van der Waals surface area contributed by atoms with Crippen molar-refractivity contribution in [1.82, 2.24) is 9.88 Å². The van der Waals surface area contributed by atoms with Crippen LogP contribution in [0.3, 0.4) is 0 Å². The lowest BCUT2D eigenvalue weighted by molar-refractivity contribution is -0.140. The van der Waals surface area contributed by atoms with E-state index >= 15 is 0 Å². The molecule has 1 aliphatic carbocycles. The molecule has 2 aliphatic rings. The molecule has 0 unspecified atom stereocenters. The van der Waals surface area contributed by atoms with Crippen LogP contribution in [-0.2, 0) is 14.4 Å². The summed E-state index contributed by atoms with van der Waals surface area (Å²) in [6, 6.07) is 5.93. The second-order valence-corrected chi connectivity index (χ2v) is 7.80. The Morgan fingerprint density at radius 1 is 1.23 bits per heavy atom. The molecule has 0 bridgehead atoms. The molecule has 1 aromatic carbocycles. The highest BCUT2D eigenvalue weighted by Gasteiger charge is 2.46. The quantitative estimate of drug-likeness (QED) is 0.664. The number of benzene rings is 1. The lowest BCUT2D eigenvalue weighted by Gasteiger charge is -2.14. The Bertz CT molecular complexity index is 907. The van der Waals surface area contributed by atoms with E-state index in [-0.39, 0.29) is 42.5 Å². The fourth-order valence-electron chi connectivity index (χ4n) is 3.57. The highest BCUT2D eigenvalue weighted by Crippen LogP contribution is 2.35. The average molecular weight is 369 g/mol. The number of fused-ring (bicyclic) bond motifs is 2. The van der Waals surface area contributed by atoms with Crippen molar-refractivity contribution < 1.29 is 14.4 Å². The number of anilines is 1. The minimum Gasteiger partial charge on any atom is -0.302 e. The van der Waals surface area contributed by atoms with Crippen LogP contribution >= 0.6 is 11.3 Å². The molecule has 2 aromatic rings. The van der Waals surface area contributed by atoms with Crippen molar-refractivity contribution in [3.8, 4) is 0 Å². The summed E-state index contributed by atoms with van der Waals surface area (Å²) in [5.41, 5.74) is 1.98. The molecule has 3 amide bonds. The molecule has 2 atom stereocenters. The number of imide groups is 1. The third kappa shape index (κ3) is 3.03. The topological polar surface area (TPSA) is 79.4 Å². The van der Waals surface area contributed by atoms with Gasteiger partial charge in [0.1, 0.15) is 0 Å². The van der Waals surface area contributed by atoms with Gasteiger partial charge in [-0.2, -0.15) is 0 Å². The lowest BCUT2D eigenvalue weighted by atomic mass is 9.85. The van der Waals surface area contributed by atoms with Crippen molar-refractivity contribution in [1.29, 1.82) is 0 Å². The fraction of sp³-hybridized carbons (Fsp3) is 0.368. The number of amides is 3. The number of carbonyl (C=O) groups excluding carboxylic acids is 3. The Labute approximate surface area is 154 Å². The average Bonchev–Trinajstić information content (AvgIpc) is 3.12. The summed E-state index contributed by atoms with van der Waals surface area (Å²) >= 11 is 1.42. The van der Waals surface area contributed by atoms with Crippen LogP contribution in [0.4, 0.5) is 5.13 Å². The van der Waals surface area contributed by atoms with Gasteiger partial charge in [0.25, 0.3) is 0 Å². The van der Waals surface area contributed by atoms with Gasteiger partial charge in [-0.1, -0.05) is 29.6 Å². The van der Waals surface area contributed by atoms with Crippen LogP contribution in [0.5, 0.6) is 0 Å². The Balaban J connectivity index is 1.37. The second kappa shape index (κ2) is 6.64. The molecule has 2 heterocycles. The predicted octanol–water partition coefficient (Wildman–Crippen LogP) is 2.88. The summed E-state index contributed by atoms with van der Waals surface area (Å²) < 4.78 is 1.02. The van der Waals surface area contributed by atoms with E-state index in [9.17, 15) is 14.4 Å². The summed E-state index contributed by atoms with van der Waals surface area (Å²) in [5, 5.41) is 3.31. The number of aryl methyl sites for hydroxylation is 1. The number of hydrogen-bond donors (Lipinski definition) is 1. The molecular weight excluding hydrogens is 350 g/mol. The molecule has 6 nitrogen and oxygen atoms in total. The Morgan fingerprint density at radius 3 is 2.62 bits per heavy atom. The van der Waals surface area contributed by atoms with Crippen molar-refractivity contribution in [2.45, 2.75) is 26.2 Å². The fourth-order valence-corrected chi connectivity index (χ4v) is 4.55. The van der Waals surface area contributed by atoms with E-state index in [1.807, 2.05) is 37.3 Å². The number of aromatic nitrogens is 1. The van der Waals surface area contributed by atoms with Gasteiger partial charge in [-0.3, -0.25) is 19.3 Å². The van der Waals surface area contributed by atoms with E-state index in [1.54, 1.807) is 0 Å². The van der Waals surface area contributed by atoms with Crippen LogP contribution in [-0.4, -0.2) is 34.2 Å². The van der Waals surface area contributed by atoms with E-state index in [0.29, 0.717) is 18.0 Å². The summed E-state index contributed by atoms with van der Waals surface area (Å²) in [6.45, 7) is 2.13. The molecule has 134 valence electrons. The lowest BCUT2D eigenvalue weighted by Crippen LogP contribution is -2.34. The minimum absolute atomic E-state index is 0.0826. The number of hydrogen-bond acceptors (Lipinski definition) is 5. The number of rotatable bonds is 4. The van der Waals surface area contributed by atoms with E-state index in [0.717, 1.165) is 15.8 Å². The number of nitrogens with one attached hydrogen (secondary N) is 1. The Morgan fingerprint density at radius 2 is 1.92 bits per heavy atom. The smallest absolute Gasteiger partial charge is 0.233 e. The van der Waals surface area contributed by atoms with Crippen LogP contribution in [0.2, 0.25) is 0 Å². The number of allylic oxidation sites excluding steroid dienone is 2. The van der Waals surface area contributed by atoms with Gasteiger partial charge in [0.2, 0.25) is 17.7 Å². The molecular formula is C19H19N3O3S. The Hall–Kier alpha value is -2.54. The molecule has 0 radical (unpaired) electrons. The predicted molar refractivity (Wildman–Crippen MR) is 99.7 cm³/mol. The maximum Gasteiger partial charge on any atom is 0.233 e. The molecule has 1 N–H and O–H groups in total. The van der Waals surface area contributed by atoms with Gasteiger partial charge in [0, 0.05) is 13.0 Å². The zero-order valence-electron chi connectivity index (χ0n) is 14.4. The number of carbonyl (C=O) groups is 3. The first-order valence-corrected chi connectivity index (χ1v) is 9.52. The van der Waals surface area contributed by atoms with Gasteiger partial charge in [-0.25, -0.2) is 4.98 Å². The van der Waals surface area contributed by atoms with Crippen LogP contribution in [0.25, 0.3) is 10.2 Å². The van der Waals surface area contributed by atoms with E-state index in [4.69, 9.17) is 0 Å². The van der Waals surface area contributed by atoms with Crippen LogP contribution < -0.4 is 5.32 Å². The number of likely N-dealkylation sites (tertiary alicyclic amines) is 1. The maximum absolute atomic E-state index is 12.4. The standard InChI is InChI=1S/C19H19N3O3S/c1-11-6-7-14-15(10-11)26-19(20-14)21-16(23)8-9-22-17(24)12-4-2-3-5-13(12)18(22)25/h2-3,6-7,10,12-13H,4-5,8-9H2,1H3,(H,20,21,23)/t12-,13-/m0/s1. The van der Waals surface area contributed by atoms with E-state index in [2.05, 4.69) is 10.3 Å². The monoisotopic (exact) mass is 369 g/mol. The van der Waals surface area contributed by atoms with E-state index in [1.165, 1.54) is 16.2 Å². The third-order valence-electron chi connectivity index (χ3n) is 4.95. The van der Waals surface area contributed by atoms with Gasteiger partial charge < -0.3 is 5.32 Å². The largest absolute Gasteiger partial charge is 0.302 e. The molecule has 1 aromatic heterocycles. The van der Waals surface area contributed by atoms with E-state index < -0.39 is 0 Å². The van der Waals surface area contributed by atoms with Gasteiger partial charge >= 0.3 is 0 Å². The van der Waals surface area contributed by atoms with Crippen molar-refractivity contribution in [3.05, 3.63) is 35.9 Å². The molecule has 1 aliphatic heterocycles. The molecule has 4 rings (SSSR count). The molecule has 26 heavy (non-hydrogen) atoms. The third-order valence-corrected chi connectivity index (χ3v) is 5.89. The highest BCUT2D eigenvalue weighted by atomic mass is 32.1. The summed E-state index contributed by atoms with van der Waals surface area (Å²) in [4.78, 5) is 42.7. The summed E-state index contributed by atoms with van der Waals surface area (Å²) in [7, 11) is 0. The first-order valence-electron chi connectivity index (χ1n) is 8.70. The van der Waals surface area contributed by atoms with Crippen LogP contribution in [0, 0.1) is 18.8 Å². The molecule has 0 saturated carbocycles. The molecule has 1 fully saturated rings. The molecule has 7 heteroatoms. The van der Waals surface area contributed by atoms with Crippen molar-refractivity contribution >= 4 is 44.4 Å². The van der Waals surface area contributed by atoms with Crippen molar-refractivity contribution in [2.24, 2.45) is 11.8 Å². The first-order chi connectivity index (χ1) is 12.5. The maximum atomic E-state index is 12.4. The van der Waals surface area contributed by atoms with Crippen molar-refractivity contribution in [3.63, 3.8) is 0 Å². The van der Waals surface area contributed by atoms with Gasteiger partial charge in [-0.15, -0.1) is 0 Å². The zero-order valence-corrected chi connectivity index (χ0v) is 15.2. The Kier molecular flexibility index (Phi) is 4.32. The normalized spacial score (nSPS) is 22.1. The molecule has 0 spiro atoms.